The van der Waals surface area contributed by atoms with Crippen molar-refractivity contribution in [3.05, 3.63) is 50.2 Å². The first-order chi connectivity index (χ1) is 15.3. The number of ketones is 1. The van der Waals surface area contributed by atoms with E-state index in [-0.39, 0.29) is 47.1 Å². The first-order valence-electron chi connectivity index (χ1n) is 9.75. The number of nitrogens with zero attached hydrogens (tertiary/aromatic N) is 1. The van der Waals surface area contributed by atoms with Crippen LogP contribution in [0.1, 0.15) is 49.9 Å². The maximum Gasteiger partial charge on any atom is 0.348 e. The lowest BCUT2D eigenvalue weighted by Gasteiger charge is -2.06. The van der Waals surface area contributed by atoms with E-state index in [0.717, 1.165) is 11.3 Å². The number of Topliss-reactive ketones (excluding diaryl/α,β-unsaturated/α-hetero) is 1. The van der Waals surface area contributed by atoms with Crippen LogP contribution >= 0.6 is 11.3 Å². The van der Waals surface area contributed by atoms with Crippen LogP contribution in [0.4, 0.5) is 0 Å². The number of allylic oxidation sites excluding steroid dienone is 1. The number of phenols is 1. The predicted octanol–water partition coefficient (Wildman–Crippen LogP) is 3.84. The van der Waals surface area contributed by atoms with Gasteiger partial charge in [-0.15, -0.1) is 11.3 Å². The molecular weight excluding hydrogens is 434 g/mol. The number of carbonyl (C=O) groups excluding carboxylic acids is 3. The normalized spacial score (nSPS) is 10.9. The minimum Gasteiger partial charge on any atom is -0.504 e. The molecule has 0 radical (unpaired) electrons. The molecule has 0 atom stereocenters. The van der Waals surface area contributed by atoms with E-state index in [4.69, 9.17) is 14.2 Å². The van der Waals surface area contributed by atoms with E-state index >= 15 is 0 Å². The number of rotatable bonds is 9. The van der Waals surface area contributed by atoms with E-state index in [2.05, 4.69) is 0 Å². The van der Waals surface area contributed by atoms with Gasteiger partial charge in [-0.3, -0.25) is 4.79 Å². The predicted molar refractivity (Wildman–Crippen MR) is 118 cm³/mol. The molecule has 9 heteroatoms. The van der Waals surface area contributed by atoms with Crippen LogP contribution in [0.2, 0.25) is 0 Å². The average molecular weight is 458 g/mol. The lowest BCUT2D eigenvalue weighted by atomic mass is 10.0. The van der Waals surface area contributed by atoms with E-state index in [1.54, 1.807) is 20.8 Å². The third-order valence-electron chi connectivity index (χ3n) is 4.42. The molecule has 0 unspecified atom stereocenters. The SMILES string of the molecule is CCOC(=O)c1sc(CC(=O)/C(C#N)=C/c2ccc(O)c(OC)c2)c(C(=O)OCC)c1C. The fourth-order valence-electron chi connectivity index (χ4n) is 2.93. The molecule has 0 saturated heterocycles. The van der Waals surface area contributed by atoms with Crippen LogP contribution in [0.15, 0.2) is 23.8 Å². The van der Waals surface area contributed by atoms with Crippen molar-refractivity contribution < 1.29 is 33.7 Å². The van der Waals surface area contributed by atoms with E-state index in [1.807, 2.05) is 6.07 Å². The molecule has 0 aliphatic rings. The van der Waals surface area contributed by atoms with Gasteiger partial charge in [-0.2, -0.15) is 5.26 Å². The molecular formula is C23H23NO7S. The Hall–Kier alpha value is -3.64. The summed E-state index contributed by atoms with van der Waals surface area (Å²) in [6.07, 6.45) is 1.09. The van der Waals surface area contributed by atoms with Crippen LogP contribution < -0.4 is 4.74 Å². The zero-order valence-electron chi connectivity index (χ0n) is 18.2. The van der Waals surface area contributed by atoms with E-state index in [0.29, 0.717) is 16.0 Å². The standard InChI is InChI=1S/C23H23NO7S/c1-5-30-22(27)20-13(3)21(23(28)31-6-2)32-19(20)11-17(26)15(12-24)9-14-7-8-16(25)18(10-14)29-4/h7-10,25H,5-6,11H2,1-4H3/b15-9+. The summed E-state index contributed by atoms with van der Waals surface area (Å²) in [6, 6.07) is 6.26. The summed E-state index contributed by atoms with van der Waals surface area (Å²) in [7, 11) is 1.38. The molecule has 0 aliphatic heterocycles. The molecule has 8 nitrogen and oxygen atoms in total. The van der Waals surface area contributed by atoms with Gasteiger partial charge in [0.15, 0.2) is 17.3 Å². The van der Waals surface area contributed by atoms with Gasteiger partial charge >= 0.3 is 11.9 Å². The monoisotopic (exact) mass is 457 g/mol. The number of benzene rings is 1. The second-order valence-corrected chi connectivity index (χ2v) is 7.60. The lowest BCUT2D eigenvalue weighted by molar-refractivity contribution is -0.114. The summed E-state index contributed by atoms with van der Waals surface area (Å²) < 4.78 is 15.2. The van der Waals surface area contributed by atoms with Gasteiger partial charge < -0.3 is 19.3 Å². The Labute approximate surface area is 189 Å². The minimum atomic E-state index is -0.648. The Morgan fingerprint density at radius 3 is 2.41 bits per heavy atom. The Bertz CT molecular complexity index is 1110. The molecule has 0 amide bonds. The smallest absolute Gasteiger partial charge is 0.348 e. The van der Waals surface area contributed by atoms with Gasteiger partial charge in [-0.1, -0.05) is 6.07 Å². The third kappa shape index (κ3) is 5.53. The average Bonchev–Trinajstić information content (AvgIpc) is 3.09. The summed E-state index contributed by atoms with van der Waals surface area (Å²) in [5.41, 5.74) is 0.832. The van der Waals surface area contributed by atoms with Crippen LogP contribution in [0, 0.1) is 18.3 Å². The van der Waals surface area contributed by atoms with Crippen LogP contribution in [-0.4, -0.2) is 43.2 Å². The van der Waals surface area contributed by atoms with Crippen LogP contribution in [0.5, 0.6) is 11.5 Å². The number of methoxy groups -OCH3 is 1. The molecule has 0 saturated carbocycles. The highest BCUT2D eigenvalue weighted by Crippen LogP contribution is 2.31. The number of esters is 2. The Kier molecular flexibility index (Phi) is 8.55. The van der Waals surface area contributed by atoms with E-state index in [9.17, 15) is 24.8 Å². The van der Waals surface area contributed by atoms with Crippen molar-refractivity contribution in [2.75, 3.05) is 20.3 Å². The Morgan fingerprint density at radius 2 is 1.81 bits per heavy atom. The van der Waals surface area contributed by atoms with Crippen molar-refractivity contribution in [1.82, 2.24) is 0 Å². The van der Waals surface area contributed by atoms with Gasteiger partial charge in [0, 0.05) is 11.3 Å². The lowest BCUT2D eigenvalue weighted by Crippen LogP contribution is -2.12. The summed E-state index contributed by atoms with van der Waals surface area (Å²) in [4.78, 5) is 38.2. The summed E-state index contributed by atoms with van der Waals surface area (Å²) >= 11 is 0.973. The second kappa shape index (κ2) is 11.1. The minimum absolute atomic E-state index is 0.0749. The van der Waals surface area contributed by atoms with Gasteiger partial charge in [0.25, 0.3) is 0 Å². The van der Waals surface area contributed by atoms with Crippen molar-refractivity contribution >= 4 is 35.1 Å². The summed E-state index contributed by atoms with van der Waals surface area (Å²) in [5, 5.41) is 19.2. The zero-order valence-corrected chi connectivity index (χ0v) is 19.0. The largest absolute Gasteiger partial charge is 0.504 e. The molecule has 1 N–H and O–H groups in total. The fourth-order valence-corrected chi connectivity index (χ4v) is 4.11. The van der Waals surface area contributed by atoms with Crippen LogP contribution in [0.25, 0.3) is 6.08 Å². The maximum atomic E-state index is 12.9. The Morgan fingerprint density at radius 1 is 1.16 bits per heavy atom. The summed E-state index contributed by atoms with van der Waals surface area (Å²) in [5.74, 6) is -1.66. The Balaban J connectivity index is 2.43. The molecule has 32 heavy (non-hydrogen) atoms. The maximum absolute atomic E-state index is 12.9. The number of carbonyl (C=O) groups is 3. The highest BCUT2D eigenvalue weighted by atomic mass is 32.1. The number of nitriles is 1. The number of aromatic hydroxyl groups is 1. The molecule has 1 heterocycles. The third-order valence-corrected chi connectivity index (χ3v) is 5.69. The van der Waals surface area contributed by atoms with E-state index in [1.165, 1.54) is 31.4 Å². The quantitative estimate of drug-likeness (QED) is 0.342. The topological polar surface area (TPSA) is 123 Å². The molecule has 0 aliphatic carbocycles. The number of ether oxygens (including phenoxy) is 3. The van der Waals surface area contributed by atoms with Gasteiger partial charge in [-0.25, -0.2) is 9.59 Å². The van der Waals surface area contributed by atoms with Crippen LogP contribution in [0.3, 0.4) is 0 Å². The molecule has 0 bridgehead atoms. The number of phenolic OH excluding ortho intramolecular Hbond substituents is 1. The van der Waals surface area contributed by atoms with Gasteiger partial charge in [0.05, 0.1) is 31.5 Å². The van der Waals surface area contributed by atoms with E-state index < -0.39 is 17.7 Å². The zero-order chi connectivity index (χ0) is 23.8. The molecule has 0 fully saturated rings. The first kappa shape index (κ1) is 24.6. The molecule has 0 spiro atoms. The number of hydrogen-bond donors (Lipinski definition) is 1. The van der Waals surface area contributed by atoms with Crippen molar-refractivity contribution in [2.24, 2.45) is 0 Å². The van der Waals surface area contributed by atoms with Crippen LogP contribution in [-0.2, 0) is 20.7 Å². The highest BCUT2D eigenvalue weighted by molar-refractivity contribution is 7.14. The number of hydrogen-bond acceptors (Lipinski definition) is 9. The van der Waals surface area contributed by atoms with Crippen molar-refractivity contribution in [3.63, 3.8) is 0 Å². The second-order valence-electron chi connectivity index (χ2n) is 6.50. The first-order valence-corrected chi connectivity index (χ1v) is 10.6. The van der Waals surface area contributed by atoms with Gasteiger partial charge in [0.2, 0.25) is 0 Å². The fraction of sp³-hybridized carbons (Fsp3) is 0.304. The molecule has 1 aromatic carbocycles. The molecule has 2 aromatic rings. The highest BCUT2D eigenvalue weighted by Gasteiger charge is 2.28. The number of thiophene rings is 1. The molecule has 1 aromatic heterocycles. The summed E-state index contributed by atoms with van der Waals surface area (Å²) in [6.45, 7) is 5.20. The molecule has 2 rings (SSSR count). The van der Waals surface area contributed by atoms with Crippen molar-refractivity contribution in [1.29, 1.82) is 5.26 Å². The van der Waals surface area contributed by atoms with Gasteiger partial charge in [0.1, 0.15) is 10.9 Å². The van der Waals surface area contributed by atoms with Gasteiger partial charge in [-0.05, 0) is 50.1 Å². The van der Waals surface area contributed by atoms with Crippen molar-refractivity contribution in [2.45, 2.75) is 27.2 Å². The molecule has 168 valence electrons. The van der Waals surface area contributed by atoms with Crippen molar-refractivity contribution in [3.8, 4) is 17.6 Å².